The Morgan fingerprint density at radius 3 is 2.73 bits per heavy atom. The number of fused-ring (bicyclic) bond motifs is 3. The quantitative estimate of drug-likeness (QED) is 0.651. The highest BCUT2D eigenvalue weighted by atomic mass is 16.4. The third-order valence-corrected chi connectivity index (χ3v) is 5.02. The van der Waals surface area contributed by atoms with E-state index in [4.69, 9.17) is 10.4 Å². The van der Waals surface area contributed by atoms with Gasteiger partial charge >= 0.3 is 5.97 Å². The van der Waals surface area contributed by atoms with Crippen molar-refractivity contribution in [3.8, 4) is 6.07 Å². The predicted molar refractivity (Wildman–Crippen MR) is 96.7 cm³/mol. The SMILES string of the molecule is CNC1CCc2[nH]c3ccc(C#N)cc3c2C1.O=C1CC[C@@H](C(=O)O)N1. The number of aliphatic carboxylic acids is 1. The van der Waals surface area contributed by atoms with Crippen molar-refractivity contribution in [3.05, 3.63) is 35.0 Å². The average molecular weight is 354 g/mol. The molecule has 4 rings (SSSR count). The number of likely N-dealkylation sites (N-methyl/N-ethyl adjacent to an activating group) is 1. The number of carbonyl (C=O) groups is 2. The molecule has 0 radical (unpaired) electrons. The van der Waals surface area contributed by atoms with E-state index >= 15 is 0 Å². The molecule has 26 heavy (non-hydrogen) atoms. The monoisotopic (exact) mass is 354 g/mol. The van der Waals surface area contributed by atoms with Crippen LogP contribution < -0.4 is 10.6 Å². The largest absolute Gasteiger partial charge is 0.480 e. The Labute approximate surface area is 151 Å². The standard InChI is InChI=1S/C14H15N3.C5H7NO3/c1-16-10-3-5-14-12(7-10)11-6-9(8-15)2-4-13(11)17-14;7-4-2-1-3(6-4)5(8)9/h2,4,6,10,16-17H,3,5,7H2,1H3;3H,1-2H2,(H,6,7)(H,8,9)/t;3-/m.0/s1. The number of nitriles is 1. The molecule has 1 aromatic carbocycles. The zero-order chi connectivity index (χ0) is 18.7. The van der Waals surface area contributed by atoms with E-state index in [1.54, 1.807) is 0 Å². The lowest BCUT2D eigenvalue weighted by Gasteiger charge is -2.21. The molecule has 1 aliphatic heterocycles. The van der Waals surface area contributed by atoms with Gasteiger partial charge in [0, 0.05) is 29.1 Å². The number of H-pyrrole nitrogens is 1. The van der Waals surface area contributed by atoms with E-state index < -0.39 is 12.0 Å². The summed E-state index contributed by atoms with van der Waals surface area (Å²) >= 11 is 0. The third kappa shape index (κ3) is 3.70. The Kier molecular flexibility index (Phi) is 5.24. The Balaban J connectivity index is 0.000000185. The van der Waals surface area contributed by atoms with Crippen LogP contribution in [-0.2, 0) is 22.4 Å². The Bertz CT molecular complexity index is 881. The second kappa shape index (κ2) is 7.58. The van der Waals surface area contributed by atoms with Crippen LogP contribution in [0.3, 0.4) is 0 Å². The summed E-state index contributed by atoms with van der Waals surface area (Å²) in [5.74, 6) is -1.11. The number of aromatic nitrogens is 1. The number of hydrogen-bond donors (Lipinski definition) is 4. The van der Waals surface area contributed by atoms with Gasteiger partial charge in [0.2, 0.25) is 5.91 Å². The smallest absolute Gasteiger partial charge is 0.326 e. The van der Waals surface area contributed by atoms with Crippen LogP contribution in [0, 0.1) is 11.3 Å². The molecule has 1 saturated heterocycles. The minimum atomic E-state index is -0.944. The summed E-state index contributed by atoms with van der Waals surface area (Å²) in [6, 6.07) is 8.02. The van der Waals surface area contributed by atoms with Crippen LogP contribution in [0.4, 0.5) is 0 Å². The van der Waals surface area contributed by atoms with Crippen LogP contribution in [-0.4, -0.2) is 41.1 Å². The molecule has 7 nitrogen and oxygen atoms in total. The maximum absolute atomic E-state index is 10.4. The van der Waals surface area contributed by atoms with Gasteiger partial charge in [-0.05, 0) is 56.5 Å². The molecular formula is C19H22N4O3. The molecule has 1 amide bonds. The van der Waals surface area contributed by atoms with Crippen molar-refractivity contribution in [1.29, 1.82) is 5.26 Å². The first-order valence-electron chi connectivity index (χ1n) is 8.74. The van der Waals surface area contributed by atoms with E-state index in [0.29, 0.717) is 18.9 Å². The van der Waals surface area contributed by atoms with Gasteiger partial charge < -0.3 is 20.7 Å². The fraction of sp³-hybridized carbons (Fsp3) is 0.421. The van der Waals surface area contributed by atoms with Crippen molar-refractivity contribution in [3.63, 3.8) is 0 Å². The van der Waals surface area contributed by atoms with E-state index in [2.05, 4.69) is 21.7 Å². The number of carboxylic acid groups (broad SMARTS) is 1. The highest BCUT2D eigenvalue weighted by molar-refractivity contribution is 5.87. The molecule has 7 heteroatoms. The molecule has 1 aromatic heterocycles. The van der Waals surface area contributed by atoms with Gasteiger partial charge in [-0.2, -0.15) is 5.26 Å². The molecule has 0 saturated carbocycles. The number of aromatic amines is 1. The Morgan fingerprint density at radius 2 is 2.15 bits per heavy atom. The number of carbonyl (C=O) groups excluding carboxylic acids is 1. The van der Waals surface area contributed by atoms with Crippen molar-refractivity contribution in [2.75, 3.05) is 7.05 Å². The lowest BCUT2D eigenvalue weighted by Crippen LogP contribution is -2.32. The molecule has 1 aliphatic carbocycles. The molecule has 2 aliphatic rings. The fourth-order valence-electron chi connectivity index (χ4n) is 3.53. The highest BCUT2D eigenvalue weighted by Gasteiger charge is 2.26. The average Bonchev–Trinajstić information content (AvgIpc) is 3.24. The number of aryl methyl sites for hydroxylation is 1. The minimum absolute atomic E-state index is 0.164. The van der Waals surface area contributed by atoms with E-state index in [1.165, 1.54) is 23.1 Å². The number of benzene rings is 1. The molecule has 2 heterocycles. The summed E-state index contributed by atoms with van der Waals surface area (Å²) in [5, 5.41) is 24.2. The van der Waals surface area contributed by atoms with Crippen LogP contribution in [0.25, 0.3) is 10.9 Å². The predicted octanol–water partition coefficient (Wildman–Crippen LogP) is 1.47. The van der Waals surface area contributed by atoms with E-state index in [0.717, 1.165) is 23.9 Å². The van der Waals surface area contributed by atoms with Crippen molar-refractivity contribution in [1.82, 2.24) is 15.6 Å². The van der Waals surface area contributed by atoms with Gasteiger partial charge in [-0.25, -0.2) is 4.79 Å². The van der Waals surface area contributed by atoms with Crippen molar-refractivity contribution < 1.29 is 14.7 Å². The maximum atomic E-state index is 10.4. The van der Waals surface area contributed by atoms with E-state index in [1.807, 2.05) is 25.2 Å². The maximum Gasteiger partial charge on any atom is 0.326 e. The van der Waals surface area contributed by atoms with Gasteiger partial charge in [-0.3, -0.25) is 4.79 Å². The van der Waals surface area contributed by atoms with Crippen molar-refractivity contribution in [2.45, 2.75) is 44.2 Å². The topological polar surface area (TPSA) is 118 Å². The normalized spacial score (nSPS) is 21.3. The number of amides is 1. The summed E-state index contributed by atoms with van der Waals surface area (Å²) in [6.07, 6.45) is 4.10. The van der Waals surface area contributed by atoms with Crippen LogP contribution in [0.2, 0.25) is 0 Å². The first kappa shape index (κ1) is 18.0. The van der Waals surface area contributed by atoms with Gasteiger partial charge in [0.05, 0.1) is 11.6 Å². The van der Waals surface area contributed by atoms with Crippen LogP contribution in [0.15, 0.2) is 18.2 Å². The number of carboxylic acids is 1. The Hall–Kier alpha value is -2.85. The van der Waals surface area contributed by atoms with Gasteiger partial charge in [0.15, 0.2) is 0 Å². The second-order valence-corrected chi connectivity index (χ2v) is 6.68. The van der Waals surface area contributed by atoms with Crippen LogP contribution in [0.5, 0.6) is 0 Å². The van der Waals surface area contributed by atoms with Crippen LogP contribution in [0.1, 0.15) is 36.1 Å². The second-order valence-electron chi connectivity index (χ2n) is 6.68. The van der Waals surface area contributed by atoms with Gasteiger partial charge in [0.1, 0.15) is 6.04 Å². The molecule has 0 bridgehead atoms. The Morgan fingerprint density at radius 1 is 1.35 bits per heavy atom. The van der Waals surface area contributed by atoms with Gasteiger partial charge in [-0.15, -0.1) is 0 Å². The fourth-order valence-corrected chi connectivity index (χ4v) is 3.53. The van der Waals surface area contributed by atoms with Crippen LogP contribution >= 0.6 is 0 Å². The highest BCUT2D eigenvalue weighted by Crippen LogP contribution is 2.29. The number of nitrogens with zero attached hydrogens (tertiary/aromatic N) is 1. The summed E-state index contributed by atoms with van der Waals surface area (Å²) < 4.78 is 0. The lowest BCUT2D eigenvalue weighted by molar-refractivity contribution is -0.140. The number of hydrogen-bond acceptors (Lipinski definition) is 4. The molecule has 1 unspecified atom stereocenters. The third-order valence-electron chi connectivity index (χ3n) is 5.02. The van der Waals surface area contributed by atoms with Gasteiger partial charge in [-0.1, -0.05) is 0 Å². The minimum Gasteiger partial charge on any atom is -0.480 e. The first-order chi connectivity index (χ1) is 12.5. The first-order valence-corrected chi connectivity index (χ1v) is 8.74. The molecule has 136 valence electrons. The summed E-state index contributed by atoms with van der Waals surface area (Å²) in [7, 11) is 2.02. The molecule has 0 spiro atoms. The van der Waals surface area contributed by atoms with E-state index in [-0.39, 0.29) is 5.91 Å². The number of rotatable bonds is 2. The van der Waals surface area contributed by atoms with Crippen molar-refractivity contribution in [2.24, 2.45) is 0 Å². The number of nitrogens with one attached hydrogen (secondary N) is 3. The van der Waals surface area contributed by atoms with Crippen molar-refractivity contribution >= 4 is 22.8 Å². The zero-order valence-corrected chi connectivity index (χ0v) is 14.6. The molecule has 2 aromatic rings. The summed E-state index contributed by atoms with van der Waals surface area (Å²) in [5.41, 5.74) is 4.64. The zero-order valence-electron chi connectivity index (χ0n) is 14.6. The molecular weight excluding hydrogens is 332 g/mol. The van der Waals surface area contributed by atoms with E-state index in [9.17, 15) is 9.59 Å². The lowest BCUT2D eigenvalue weighted by atomic mass is 9.91. The van der Waals surface area contributed by atoms with Gasteiger partial charge in [0.25, 0.3) is 0 Å². The summed E-state index contributed by atoms with van der Waals surface area (Å²) in [6.45, 7) is 0. The molecule has 1 fully saturated rings. The molecule has 2 atom stereocenters. The summed E-state index contributed by atoms with van der Waals surface area (Å²) in [4.78, 5) is 24.0. The molecule has 4 N–H and O–H groups in total.